The minimum absolute atomic E-state index is 0.136. The highest BCUT2D eigenvalue weighted by atomic mass is 16.5. The molecule has 0 N–H and O–H groups in total. The van der Waals surface area contributed by atoms with Crippen LogP contribution in [-0.4, -0.2) is 18.1 Å². The third kappa shape index (κ3) is 3.49. The van der Waals surface area contributed by atoms with Crippen molar-refractivity contribution in [2.75, 3.05) is 7.11 Å². The molecule has 0 aliphatic heterocycles. The van der Waals surface area contributed by atoms with E-state index in [1.165, 1.54) is 34.2 Å². The highest BCUT2D eigenvalue weighted by Gasteiger charge is 2.38. The molecule has 2 aromatic carbocycles. The Morgan fingerprint density at radius 1 is 0.931 bits per heavy atom. The van der Waals surface area contributed by atoms with Gasteiger partial charge in [-0.05, 0) is 71.0 Å². The van der Waals surface area contributed by atoms with Crippen LogP contribution in [0, 0.1) is 0 Å². The number of aromatic nitrogens is 1. The fourth-order valence-corrected chi connectivity index (χ4v) is 4.36. The number of hydrogen-bond acceptors (Lipinski definition) is 3. The predicted octanol–water partition coefficient (Wildman–Crippen LogP) is 3.78. The maximum absolute atomic E-state index is 12.4. The van der Waals surface area contributed by atoms with E-state index < -0.39 is 5.41 Å². The lowest BCUT2D eigenvalue weighted by molar-refractivity contribution is -0.147. The number of nitrogens with zero attached hydrogens (tertiary/aromatic N) is 1. The van der Waals surface area contributed by atoms with Crippen molar-refractivity contribution in [2.24, 2.45) is 0 Å². The number of hydrogen-bond donors (Lipinski definition) is 0. The van der Waals surface area contributed by atoms with Gasteiger partial charge in [0.05, 0.1) is 12.5 Å². The molecule has 1 atom stereocenters. The Labute approximate surface area is 171 Å². The minimum atomic E-state index is -0.543. The summed E-state index contributed by atoms with van der Waals surface area (Å²) >= 11 is 0. The van der Waals surface area contributed by atoms with E-state index in [-0.39, 0.29) is 5.97 Å². The fraction of sp³-hybridized carbons (Fsp3) is 0.231. The summed E-state index contributed by atoms with van der Waals surface area (Å²) in [7, 11) is 1.48. The van der Waals surface area contributed by atoms with Gasteiger partial charge in [0.25, 0.3) is 0 Å². The summed E-state index contributed by atoms with van der Waals surface area (Å²) in [6, 6.07) is 18.6. The molecule has 0 spiro atoms. The summed E-state index contributed by atoms with van der Waals surface area (Å²) in [5, 5.41) is 2.49. The first-order valence-corrected chi connectivity index (χ1v) is 10.0. The molecule has 29 heavy (non-hydrogen) atoms. The molecule has 0 radical (unpaired) electrons. The monoisotopic (exact) mass is 383 g/mol. The number of rotatable bonds is 1. The first-order valence-electron chi connectivity index (χ1n) is 10.0. The molecule has 1 unspecified atom stereocenters. The van der Waals surface area contributed by atoms with E-state index in [0.29, 0.717) is 0 Å². The van der Waals surface area contributed by atoms with Gasteiger partial charge in [-0.3, -0.25) is 9.78 Å². The van der Waals surface area contributed by atoms with Crippen molar-refractivity contribution in [1.82, 2.24) is 4.98 Å². The average molecular weight is 383 g/mol. The van der Waals surface area contributed by atoms with Crippen molar-refractivity contribution in [3.63, 3.8) is 0 Å². The third-order valence-electron chi connectivity index (χ3n) is 5.91. The lowest BCUT2D eigenvalue weighted by Crippen LogP contribution is -2.45. The van der Waals surface area contributed by atoms with Crippen LogP contribution in [0.4, 0.5) is 0 Å². The number of esters is 1. The van der Waals surface area contributed by atoms with Crippen molar-refractivity contribution in [3.05, 3.63) is 88.6 Å². The number of carbonyl (C=O) groups excluding carboxylic acids is 1. The van der Waals surface area contributed by atoms with E-state index in [1.54, 1.807) is 12.4 Å². The Balaban J connectivity index is 0.000000294. The quantitative estimate of drug-likeness (QED) is 0.601. The second-order valence-corrected chi connectivity index (χ2v) is 7.64. The second-order valence-electron chi connectivity index (χ2n) is 7.64. The smallest absolute Gasteiger partial charge is 0.316 e. The van der Waals surface area contributed by atoms with Gasteiger partial charge in [0.15, 0.2) is 0 Å². The van der Waals surface area contributed by atoms with Crippen LogP contribution in [0.5, 0.6) is 0 Å². The summed E-state index contributed by atoms with van der Waals surface area (Å²) in [6.45, 7) is 2.01. The molecule has 2 aliphatic rings. The van der Waals surface area contributed by atoms with Crippen molar-refractivity contribution in [2.45, 2.75) is 31.6 Å². The maximum atomic E-state index is 12.4. The van der Waals surface area contributed by atoms with Gasteiger partial charge in [-0.15, -0.1) is 0 Å². The first-order chi connectivity index (χ1) is 14.1. The highest BCUT2D eigenvalue weighted by molar-refractivity contribution is 5.84. The Hall–Kier alpha value is -3.20. The normalized spacial score (nSPS) is 18.4. The van der Waals surface area contributed by atoms with Crippen LogP contribution in [0.3, 0.4) is 0 Å². The van der Waals surface area contributed by atoms with Crippen molar-refractivity contribution in [1.29, 1.82) is 0 Å². The van der Waals surface area contributed by atoms with Crippen molar-refractivity contribution in [3.8, 4) is 11.1 Å². The fourth-order valence-electron chi connectivity index (χ4n) is 4.36. The standard InChI is InChI=1S/C21H20O2.C5H5N/c1-21(20(22)23-2)13-5-8-18-17-10-9-14-6-3-4-7-15(14)16(17)11-12-19(18)21;1-2-4-6-5-3-1/h3-4,6-8,10-12H,5,9,13H2,1-2H3;1-5H. The lowest BCUT2D eigenvalue weighted by Gasteiger charge is -2.31. The molecule has 0 saturated heterocycles. The molecule has 1 aromatic heterocycles. The molecule has 1 heterocycles. The largest absolute Gasteiger partial charge is 0.468 e. The summed E-state index contributed by atoms with van der Waals surface area (Å²) in [5.74, 6) is -0.136. The molecule has 0 fully saturated rings. The summed E-state index contributed by atoms with van der Waals surface area (Å²) < 4.78 is 5.09. The molecular weight excluding hydrogens is 358 g/mol. The van der Waals surface area contributed by atoms with Crippen LogP contribution in [0.2, 0.25) is 0 Å². The van der Waals surface area contributed by atoms with Gasteiger partial charge in [0.1, 0.15) is 0 Å². The molecular formula is C26H25NO2. The zero-order valence-corrected chi connectivity index (χ0v) is 16.9. The molecule has 5 rings (SSSR count). The zero-order valence-electron chi connectivity index (χ0n) is 16.9. The lowest BCUT2D eigenvalue weighted by atomic mass is 9.73. The number of carbonyl (C=O) groups is 1. The van der Waals surface area contributed by atoms with Crippen LogP contribution in [0.15, 0.2) is 67.0 Å². The topological polar surface area (TPSA) is 39.2 Å². The SMILES string of the molecule is COC(=O)C1(C)CCC=c2c1ccc1c2=CCc2ccccc2-1.c1ccncc1. The van der Waals surface area contributed by atoms with Crippen molar-refractivity contribution < 1.29 is 9.53 Å². The van der Waals surface area contributed by atoms with Gasteiger partial charge in [0, 0.05) is 12.4 Å². The van der Waals surface area contributed by atoms with Gasteiger partial charge in [-0.1, -0.05) is 54.6 Å². The van der Waals surface area contributed by atoms with Crippen LogP contribution in [0.1, 0.15) is 30.9 Å². The number of benzene rings is 2. The highest BCUT2D eigenvalue weighted by Crippen LogP contribution is 2.32. The summed E-state index contributed by atoms with van der Waals surface area (Å²) in [5.41, 5.74) is 4.51. The summed E-state index contributed by atoms with van der Waals surface area (Å²) in [6.07, 6.45) is 10.7. The molecule has 0 bridgehead atoms. The van der Waals surface area contributed by atoms with Crippen LogP contribution in [-0.2, 0) is 21.4 Å². The Kier molecular flexibility index (Phi) is 5.30. The van der Waals surface area contributed by atoms with E-state index >= 15 is 0 Å². The molecule has 3 aromatic rings. The number of pyridine rings is 1. The van der Waals surface area contributed by atoms with Gasteiger partial charge in [-0.25, -0.2) is 0 Å². The Morgan fingerprint density at radius 3 is 2.41 bits per heavy atom. The van der Waals surface area contributed by atoms with Crippen LogP contribution < -0.4 is 10.4 Å². The Bertz CT molecular complexity index is 1120. The number of fused-ring (bicyclic) bond motifs is 5. The molecule has 146 valence electrons. The number of methoxy groups -OCH3 is 1. The Morgan fingerprint density at radius 2 is 1.72 bits per heavy atom. The van der Waals surface area contributed by atoms with Gasteiger partial charge in [-0.2, -0.15) is 0 Å². The van der Waals surface area contributed by atoms with Crippen LogP contribution >= 0.6 is 0 Å². The van der Waals surface area contributed by atoms with Crippen molar-refractivity contribution >= 4 is 18.1 Å². The zero-order chi connectivity index (χ0) is 20.3. The van der Waals surface area contributed by atoms with Gasteiger partial charge < -0.3 is 4.74 Å². The first kappa shape index (κ1) is 19.1. The number of ether oxygens (including phenoxy) is 1. The summed E-state index contributed by atoms with van der Waals surface area (Å²) in [4.78, 5) is 16.2. The molecule has 3 nitrogen and oxygen atoms in total. The second kappa shape index (κ2) is 8.04. The molecule has 0 saturated carbocycles. The molecule has 3 heteroatoms. The predicted molar refractivity (Wildman–Crippen MR) is 117 cm³/mol. The van der Waals surface area contributed by atoms with E-state index in [0.717, 1.165) is 24.8 Å². The van der Waals surface area contributed by atoms with E-state index in [9.17, 15) is 4.79 Å². The molecule has 0 amide bonds. The van der Waals surface area contributed by atoms with E-state index in [1.807, 2.05) is 25.1 Å². The van der Waals surface area contributed by atoms with Gasteiger partial charge in [0.2, 0.25) is 0 Å². The van der Waals surface area contributed by atoms with Gasteiger partial charge >= 0.3 is 5.97 Å². The van der Waals surface area contributed by atoms with E-state index in [4.69, 9.17) is 4.74 Å². The maximum Gasteiger partial charge on any atom is 0.316 e. The van der Waals surface area contributed by atoms with E-state index in [2.05, 4.69) is 53.5 Å². The third-order valence-corrected chi connectivity index (χ3v) is 5.91. The minimum Gasteiger partial charge on any atom is -0.468 e. The average Bonchev–Trinajstić information content (AvgIpc) is 2.80. The molecule has 2 aliphatic carbocycles. The van der Waals surface area contributed by atoms with Crippen LogP contribution in [0.25, 0.3) is 23.3 Å².